The smallest absolute Gasteiger partial charge is 0.358 e. The van der Waals surface area contributed by atoms with Gasteiger partial charge >= 0.3 is 5.82 Å². The minimum atomic E-state index is -0.673. The predicted molar refractivity (Wildman–Crippen MR) is 59.7 cm³/mol. The molecule has 1 aromatic rings. The maximum Gasteiger partial charge on any atom is 0.408 e. The van der Waals surface area contributed by atoms with E-state index in [9.17, 15) is 14.9 Å². The third kappa shape index (κ3) is 2.55. The van der Waals surface area contributed by atoms with Gasteiger partial charge in [0.2, 0.25) is 5.91 Å². The van der Waals surface area contributed by atoms with Crippen LogP contribution in [0.15, 0.2) is 6.20 Å². The largest absolute Gasteiger partial charge is 0.408 e. The number of rotatable bonds is 4. The van der Waals surface area contributed by atoms with Crippen molar-refractivity contribution in [3.63, 3.8) is 0 Å². The van der Waals surface area contributed by atoms with Crippen LogP contribution < -0.4 is 0 Å². The number of nitro groups is 1. The summed E-state index contributed by atoms with van der Waals surface area (Å²) in [5.74, 6) is -0.546. The van der Waals surface area contributed by atoms with Crippen LogP contribution >= 0.6 is 11.6 Å². The molecule has 8 heteroatoms. The molecule has 1 amide bonds. The minimum absolute atomic E-state index is 0.0272. The second kappa shape index (κ2) is 4.33. The number of hydrogen-bond acceptors (Lipinski definition) is 4. The van der Waals surface area contributed by atoms with Gasteiger partial charge in [0, 0.05) is 13.1 Å². The van der Waals surface area contributed by atoms with Gasteiger partial charge in [0.25, 0.3) is 0 Å². The standard InChI is InChI=1S/C9H11ClN4O3/c1-12(6-2-3-6)8(15)5-13-4-7(10)9(11-13)14(16)17/h4,6H,2-3,5H2,1H3. The molecule has 0 atom stereocenters. The highest BCUT2D eigenvalue weighted by atomic mass is 35.5. The topological polar surface area (TPSA) is 81.3 Å². The summed E-state index contributed by atoms with van der Waals surface area (Å²) >= 11 is 5.63. The lowest BCUT2D eigenvalue weighted by Gasteiger charge is -2.14. The first-order chi connectivity index (χ1) is 7.99. The van der Waals surface area contributed by atoms with Crippen LogP contribution in [0.2, 0.25) is 5.02 Å². The van der Waals surface area contributed by atoms with Gasteiger partial charge in [-0.3, -0.25) is 4.79 Å². The molecular formula is C9H11ClN4O3. The van der Waals surface area contributed by atoms with Crippen molar-refractivity contribution in [1.82, 2.24) is 14.7 Å². The second-order valence-electron chi connectivity index (χ2n) is 3.99. The summed E-state index contributed by atoms with van der Waals surface area (Å²) < 4.78 is 1.20. The zero-order valence-electron chi connectivity index (χ0n) is 9.17. The van der Waals surface area contributed by atoms with Gasteiger partial charge in [-0.1, -0.05) is 11.6 Å². The molecule has 0 bridgehead atoms. The normalized spacial score (nSPS) is 14.7. The van der Waals surface area contributed by atoms with Crippen LogP contribution in [-0.2, 0) is 11.3 Å². The molecule has 7 nitrogen and oxygen atoms in total. The Kier molecular flexibility index (Phi) is 3.01. The van der Waals surface area contributed by atoms with Crippen LogP contribution in [0.3, 0.4) is 0 Å². The maximum atomic E-state index is 11.7. The zero-order chi connectivity index (χ0) is 12.6. The Morgan fingerprint density at radius 2 is 2.41 bits per heavy atom. The van der Waals surface area contributed by atoms with E-state index in [2.05, 4.69) is 5.10 Å². The first-order valence-corrected chi connectivity index (χ1v) is 5.50. The molecule has 1 heterocycles. The van der Waals surface area contributed by atoms with E-state index in [1.54, 1.807) is 11.9 Å². The predicted octanol–water partition coefficient (Wildman–Crippen LogP) is 1.07. The van der Waals surface area contributed by atoms with E-state index >= 15 is 0 Å². The summed E-state index contributed by atoms with van der Waals surface area (Å²) in [6.07, 6.45) is 3.32. The van der Waals surface area contributed by atoms with Crippen LogP contribution in [0.4, 0.5) is 5.82 Å². The molecule has 2 rings (SSSR count). The van der Waals surface area contributed by atoms with Crippen LogP contribution in [-0.4, -0.2) is 38.6 Å². The van der Waals surface area contributed by atoms with Crippen molar-refractivity contribution in [1.29, 1.82) is 0 Å². The monoisotopic (exact) mass is 258 g/mol. The number of nitrogens with zero attached hydrogens (tertiary/aromatic N) is 4. The van der Waals surface area contributed by atoms with Crippen molar-refractivity contribution in [2.75, 3.05) is 7.05 Å². The molecule has 0 saturated heterocycles. The minimum Gasteiger partial charge on any atom is -0.358 e. The van der Waals surface area contributed by atoms with Crippen LogP contribution in [0.5, 0.6) is 0 Å². The maximum absolute atomic E-state index is 11.7. The summed E-state index contributed by atoms with van der Waals surface area (Å²) in [6.45, 7) is -0.0272. The van der Waals surface area contributed by atoms with Gasteiger partial charge in [-0.2, -0.15) is 4.68 Å². The highest BCUT2D eigenvalue weighted by molar-refractivity contribution is 6.32. The molecule has 0 aliphatic heterocycles. The molecule has 1 saturated carbocycles. The number of hydrogen-bond donors (Lipinski definition) is 0. The fourth-order valence-corrected chi connectivity index (χ4v) is 1.73. The summed E-state index contributed by atoms with van der Waals surface area (Å²) in [6, 6.07) is 0.309. The molecule has 0 spiro atoms. The zero-order valence-corrected chi connectivity index (χ0v) is 9.92. The second-order valence-corrected chi connectivity index (χ2v) is 4.40. The van der Waals surface area contributed by atoms with Gasteiger partial charge < -0.3 is 15.0 Å². The van der Waals surface area contributed by atoms with Gasteiger partial charge in [-0.05, 0) is 17.8 Å². The highest BCUT2D eigenvalue weighted by Crippen LogP contribution is 2.26. The SMILES string of the molecule is CN(C(=O)Cn1cc(Cl)c([N+](=O)[O-])n1)C1CC1. The quantitative estimate of drug-likeness (QED) is 0.597. The van der Waals surface area contributed by atoms with Crippen LogP contribution in [0, 0.1) is 10.1 Å². The van der Waals surface area contributed by atoms with Gasteiger partial charge in [0.05, 0.1) is 11.3 Å². The average Bonchev–Trinajstić information content (AvgIpc) is 3.02. The lowest BCUT2D eigenvalue weighted by Crippen LogP contribution is -2.32. The van der Waals surface area contributed by atoms with Gasteiger partial charge in [0.15, 0.2) is 5.02 Å². The van der Waals surface area contributed by atoms with Crippen molar-refractivity contribution < 1.29 is 9.72 Å². The summed E-state index contributed by atoms with van der Waals surface area (Å²) in [7, 11) is 1.72. The third-order valence-corrected chi connectivity index (χ3v) is 2.92. The molecule has 0 unspecified atom stereocenters. The van der Waals surface area contributed by atoms with E-state index in [4.69, 9.17) is 11.6 Å². The molecule has 1 aliphatic rings. The molecule has 0 N–H and O–H groups in total. The first-order valence-electron chi connectivity index (χ1n) is 5.12. The Bertz CT molecular complexity index is 469. The number of amides is 1. The third-order valence-electron chi connectivity index (χ3n) is 2.66. The summed E-state index contributed by atoms with van der Waals surface area (Å²) in [5.41, 5.74) is 0. The summed E-state index contributed by atoms with van der Waals surface area (Å²) in [5, 5.41) is 14.1. The van der Waals surface area contributed by atoms with E-state index in [0.29, 0.717) is 6.04 Å². The van der Waals surface area contributed by atoms with Gasteiger partial charge in [-0.25, -0.2) is 0 Å². The van der Waals surface area contributed by atoms with Crippen molar-refractivity contribution >= 4 is 23.3 Å². The van der Waals surface area contributed by atoms with Crippen LogP contribution in [0.1, 0.15) is 12.8 Å². The number of carbonyl (C=O) groups excluding carboxylic acids is 1. The number of carbonyl (C=O) groups is 1. The molecular weight excluding hydrogens is 248 g/mol. The Hall–Kier alpha value is -1.63. The number of halogens is 1. The van der Waals surface area contributed by atoms with Gasteiger partial charge in [-0.15, -0.1) is 0 Å². The van der Waals surface area contributed by atoms with Crippen molar-refractivity contribution in [2.45, 2.75) is 25.4 Å². The van der Waals surface area contributed by atoms with Crippen molar-refractivity contribution in [3.05, 3.63) is 21.3 Å². The molecule has 1 aromatic heterocycles. The Morgan fingerprint density at radius 3 is 2.88 bits per heavy atom. The Morgan fingerprint density at radius 1 is 1.76 bits per heavy atom. The number of likely N-dealkylation sites (N-methyl/N-ethyl adjacent to an activating group) is 1. The van der Waals surface area contributed by atoms with E-state index in [1.807, 2.05) is 0 Å². The summed E-state index contributed by atoms with van der Waals surface area (Å²) in [4.78, 5) is 23.2. The lowest BCUT2D eigenvalue weighted by molar-refractivity contribution is -0.389. The van der Waals surface area contributed by atoms with Crippen molar-refractivity contribution in [2.24, 2.45) is 0 Å². The molecule has 0 aromatic carbocycles. The van der Waals surface area contributed by atoms with Crippen molar-refractivity contribution in [3.8, 4) is 0 Å². The Balaban J connectivity index is 2.05. The highest BCUT2D eigenvalue weighted by Gasteiger charge is 2.30. The van der Waals surface area contributed by atoms with E-state index in [0.717, 1.165) is 12.8 Å². The molecule has 92 valence electrons. The fraction of sp³-hybridized carbons (Fsp3) is 0.556. The first kappa shape index (κ1) is 11.8. The van der Waals surface area contributed by atoms with E-state index in [1.165, 1.54) is 10.9 Å². The lowest BCUT2D eigenvalue weighted by atomic mass is 10.5. The molecule has 17 heavy (non-hydrogen) atoms. The molecule has 0 radical (unpaired) electrons. The van der Waals surface area contributed by atoms with E-state index < -0.39 is 10.7 Å². The fourth-order valence-electron chi connectivity index (χ4n) is 1.51. The number of aromatic nitrogens is 2. The van der Waals surface area contributed by atoms with Gasteiger partial charge in [0.1, 0.15) is 6.54 Å². The van der Waals surface area contributed by atoms with E-state index in [-0.39, 0.29) is 17.5 Å². The molecule has 1 fully saturated rings. The van der Waals surface area contributed by atoms with Crippen LogP contribution in [0.25, 0.3) is 0 Å². The Labute approximate surface area is 102 Å². The molecule has 1 aliphatic carbocycles. The average molecular weight is 259 g/mol.